The lowest BCUT2D eigenvalue weighted by atomic mass is 10.1. The summed E-state index contributed by atoms with van der Waals surface area (Å²) in [6.07, 6.45) is 0. The molecule has 0 bridgehead atoms. The Morgan fingerprint density at radius 1 is 0.952 bits per heavy atom. The molecule has 0 unspecified atom stereocenters. The van der Waals surface area contributed by atoms with E-state index in [0.29, 0.717) is 18.7 Å². The summed E-state index contributed by atoms with van der Waals surface area (Å²) in [5.74, 6) is -1.38. The molecule has 1 amide bonds. The molecule has 0 saturated carbocycles. The van der Waals surface area contributed by atoms with E-state index < -0.39 is 11.9 Å². The lowest BCUT2D eigenvalue weighted by molar-refractivity contribution is 0.0696. The number of carboxylic acid groups (broad SMARTS) is 1. The lowest BCUT2D eigenvalue weighted by Crippen LogP contribution is -2.15. The van der Waals surface area contributed by atoms with Gasteiger partial charge in [0.15, 0.2) is 0 Å². The molecule has 5 heteroatoms. The summed E-state index contributed by atoms with van der Waals surface area (Å²) in [6, 6.07) is 13.8. The van der Waals surface area contributed by atoms with Gasteiger partial charge in [0.2, 0.25) is 5.91 Å². The number of primary amides is 1. The molecule has 4 N–H and O–H groups in total. The second-order valence-electron chi connectivity index (χ2n) is 4.67. The molecular weight excluding hydrogens is 268 g/mol. The first-order valence-corrected chi connectivity index (χ1v) is 6.48. The fourth-order valence-electron chi connectivity index (χ4n) is 1.95. The van der Waals surface area contributed by atoms with E-state index in [1.807, 2.05) is 6.07 Å². The molecule has 0 atom stereocenters. The van der Waals surface area contributed by atoms with Crippen molar-refractivity contribution in [3.05, 3.63) is 70.8 Å². The molecule has 0 fully saturated rings. The third kappa shape index (κ3) is 4.15. The van der Waals surface area contributed by atoms with Crippen molar-refractivity contribution in [3.8, 4) is 0 Å². The van der Waals surface area contributed by atoms with Gasteiger partial charge in [0, 0.05) is 18.7 Å². The molecule has 0 aromatic heterocycles. The van der Waals surface area contributed by atoms with E-state index in [4.69, 9.17) is 10.8 Å². The molecule has 21 heavy (non-hydrogen) atoms. The van der Waals surface area contributed by atoms with E-state index in [0.717, 1.165) is 11.1 Å². The minimum absolute atomic E-state index is 0.271. The van der Waals surface area contributed by atoms with Crippen LogP contribution in [-0.4, -0.2) is 17.0 Å². The summed E-state index contributed by atoms with van der Waals surface area (Å²) in [5.41, 5.74) is 7.95. The van der Waals surface area contributed by atoms with Gasteiger partial charge in [-0.05, 0) is 35.4 Å². The molecule has 0 spiro atoms. The maximum absolute atomic E-state index is 11.1. The van der Waals surface area contributed by atoms with Gasteiger partial charge in [0.05, 0.1) is 5.56 Å². The highest BCUT2D eigenvalue weighted by atomic mass is 16.4. The average Bonchev–Trinajstić information content (AvgIpc) is 2.48. The van der Waals surface area contributed by atoms with Crippen molar-refractivity contribution in [3.63, 3.8) is 0 Å². The average molecular weight is 284 g/mol. The number of hydrogen-bond acceptors (Lipinski definition) is 3. The molecular formula is C16H16N2O3. The van der Waals surface area contributed by atoms with E-state index >= 15 is 0 Å². The van der Waals surface area contributed by atoms with Gasteiger partial charge < -0.3 is 16.2 Å². The van der Waals surface area contributed by atoms with Gasteiger partial charge in [-0.15, -0.1) is 0 Å². The highest BCUT2D eigenvalue weighted by molar-refractivity contribution is 5.92. The van der Waals surface area contributed by atoms with Gasteiger partial charge in [0.1, 0.15) is 0 Å². The Bertz CT molecular complexity index is 651. The van der Waals surface area contributed by atoms with Crippen LogP contribution in [0.3, 0.4) is 0 Å². The number of carbonyl (C=O) groups excluding carboxylic acids is 1. The molecule has 5 nitrogen and oxygen atoms in total. The zero-order valence-corrected chi connectivity index (χ0v) is 11.4. The van der Waals surface area contributed by atoms with Gasteiger partial charge in [-0.1, -0.05) is 24.3 Å². The normalized spacial score (nSPS) is 10.3. The second kappa shape index (κ2) is 6.67. The third-order valence-corrected chi connectivity index (χ3v) is 3.07. The summed E-state index contributed by atoms with van der Waals surface area (Å²) in [4.78, 5) is 21.8. The van der Waals surface area contributed by atoms with Crippen LogP contribution < -0.4 is 11.1 Å². The molecule has 0 aliphatic heterocycles. The molecule has 0 heterocycles. The smallest absolute Gasteiger partial charge is 0.335 e. The molecule has 0 saturated heterocycles. The Kier molecular flexibility index (Phi) is 4.68. The first kappa shape index (κ1) is 14.7. The van der Waals surface area contributed by atoms with Crippen molar-refractivity contribution >= 4 is 11.9 Å². The monoisotopic (exact) mass is 284 g/mol. The number of rotatable bonds is 6. The SMILES string of the molecule is NC(=O)c1cccc(CNCc2ccc(C(=O)O)cc2)c1. The van der Waals surface area contributed by atoms with Gasteiger partial charge in [-0.2, -0.15) is 0 Å². The van der Waals surface area contributed by atoms with Crippen LogP contribution in [0.4, 0.5) is 0 Å². The maximum atomic E-state index is 11.1. The fraction of sp³-hybridized carbons (Fsp3) is 0.125. The van der Waals surface area contributed by atoms with Gasteiger partial charge in [-0.3, -0.25) is 4.79 Å². The van der Waals surface area contributed by atoms with E-state index in [2.05, 4.69) is 5.32 Å². The number of nitrogens with one attached hydrogen (secondary N) is 1. The van der Waals surface area contributed by atoms with Crippen LogP contribution >= 0.6 is 0 Å². The van der Waals surface area contributed by atoms with E-state index in [9.17, 15) is 9.59 Å². The standard InChI is InChI=1S/C16H16N2O3/c17-15(19)14-3-1-2-12(8-14)10-18-9-11-4-6-13(7-5-11)16(20)21/h1-8,18H,9-10H2,(H2,17,19)(H,20,21). The van der Waals surface area contributed by atoms with Crippen LogP contribution in [0.15, 0.2) is 48.5 Å². The highest BCUT2D eigenvalue weighted by Gasteiger charge is 2.03. The van der Waals surface area contributed by atoms with Gasteiger partial charge >= 0.3 is 5.97 Å². The molecule has 108 valence electrons. The van der Waals surface area contributed by atoms with E-state index in [-0.39, 0.29) is 5.56 Å². The van der Waals surface area contributed by atoms with Crippen molar-refractivity contribution in [2.75, 3.05) is 0 Å². The number of benzene rings is 2. The number of nitrogens with two attached hydrogens (primary N) is 1. The summed E-state index contributed by atoms with van der Waals surface area (Å²) >= 11 is 0. The third-order valence-electron chi connectivity index (χ3n) is 3.07. The van der Waals surface area contributed by atoms with Crippen molar-refractivity contribution in [2.45, 2.75) is 13.1 Å². The number of aromatic carboxylic acids is 1. The van der Waals surface area contributed by atoms with Crippen LogP contribution in [-0.2, 0) is 13.1 Å². The van der Waals surface area contributed by atoms with Crippen LogP contribution in [0.5, 0.6) is 0 Å². The molecule has 2 aromatic carbocycles. The minimum Gasteiger partial charge on any atom is -0.478 e. The van der Waals surface area contributed by atoms with Gasteiger partial charge in [-0.25, -0.2) is 4.79 Å². The van der Waals surface area contributed by atoms with Gasteiger partial charge in [0.25, 0.3) is 0 Å². The molecule has 0 aliphatic carbocycles. The van der Waals surface area contributed by atoms with Crippen molar-refractivity contribution in [2.24, 2.45) is 5.73 Å². The summed E-state index contributed by atoms with van der Waals surface area (Å²) in [6.45, 7) is 1.21. The predicted octanol–water partition coefficient (Wildman–Crippen LogP) is 1.77. The van der Waals surface area contributed by atoms with Crippen molar-refractivity contribution in [1.29, 1.82) is 0 Å². The number of carboxylic acids is 1. The molecule has 0 aliphatic rings. The largest absolute Gasteiger partial charge is 0.478 e. The van der Waals surface area contributed by atoms with Crippen LogP contribution in [0, 0.1) is 0 Å². The Morgan fingerprint density at radius 2 is 1.62 bits per heavy atom. The lowest BCUT2D eigenvalue weighted by Gasteiger charge is -2.06. The number of amides is 1. The minimum atomic E-state index is -0.933. The van der Waals surface area contributed by atoms with Crippen molar-refractivity contribution < 1.29 is 14.7 Å². The maximum Gasteiger partial charge on any atom is 0.335 e. The van der Waals surface area contributed by atoms with Crippen LogP contribution in [0.1, 0.15) is 31.8 Å². The first-order chi connectivity index (χ1) is 10.1. The molecule has 2 rings (SSSR count). The highest BCUT2D eigenvalue weighted by Crippen LogP contribution is 2.07. The topological polar surface area (TPSA) is 92.4 Å². The Balaban J connectivity index is 1.90. The van der Waals surface area contributed by atoms with E-state index in [1.54, 1.807) is 42.5 Å². The van der Waals surface area contributed by atoms with Crippen LogP contribution in [0.2, 0.25) is 0 Å². The zero-order chi connectivity index (χ0) is 15.2. The molecule has 0 radical (unpaired) electrons. The van der Waals surface area contributed by atoms with Crippen molar-refractivity contribution in [1.82, 2.24) is 5.32 Å². The van der Waals surface area contributed by atoms with E-state index in [1.165, 1.54) is 0 Å². The second-order valence-corrected chi connectivity index (χ2v) is 4.67. The number of hydrogen-bond donors (Lipinski definition) is 3. The first-order valence-electron chi connectivity index (χ1n) is 6.48. The fourth-order valence-corrected chi connectivity index (χ4v) is 1.95. The number of carbonyl (C=O) groups is 2. The predicted molar refractivity (Wildman–Crippen MR) is 78.9 cm³/mol. The van der Waals surface area contributed by atoms with Crippen LogP contribution in [0.25, 0.3) is 0 Å². The quantitative estimate of drug-likeness (QED) is 0.753. The Morgan fingerprint density at radius 3 is 2.24 bits per heavy atom. The Hall–Kier alpha value is -2.66. The zero-order valence-electron chi connectivity index (χ0n) is 11.4. The Labute approximate surface area is 122 Å². The molecule has 2 aromatic rings. The summed E-state index contributed by atoms with van der Waals surface area (Å²) in [7, 11) is 0. The summed E-state index contributed by atoms with van der Waals surface area (Å²) in [5, 5.41) is 12.1. The summed E-state index contributed by atoms with van der Waals surface area (Å²) < 4.78 is 0.